The fourth-order valence-corrected chi connectivity index (χ4v) is 6.56. The summed E-state index contributed by atoms with van der Waals surface area (Å²) in [7, 11) is 0. The van der Waals surface area contributed by atoms with Gasteiger partial charge in [0.25, 0.3) is 0 Å². The van der Waals surface area contributed by atoms with Gasteiger partial charge in [-0.25, -0.2) is 9.97 Å². The lowest BCUT2D eigenvalue weighted by Gasteiger charge is -2.13. The predicted octanol–water partition coefficient (Wildman–Crippen LogP) is 9.27. The fourth-order valence-electron chi connectivity index (χ4n) is 6.56. The van der Waals surface area contributed by atoms with E-state index in [-0.39, 0.29) is 0 Å². The van der Waals surface area contributed by atoms with E-state index >= 15 is 0 Å². The van der Waals surface area contributed by atoms with Crippen LogP contribution in [0.1, 0.15) is 11.1 Å². The monoisotopic (exact) mass is 550 g/mol. The first kappa shape index (κ1) is 23.9. The van der Waals surface area contributed by atoms with Crippen molar-refractivity contribution >= 4 is 22.1 Å². The zero-order valence-electron chi connectivity index (χ0n) is 23.4. The minimum absolute atomic E-state index is 0.928. The number of hydrogen-bond donors (Lipinski definition) is 0. The molecule has 0 atom stereocenters. The summed E-state index contributed by atoms with van der Waals surface area (Å²) in [6.45, 7) is 0. The molecule has 0 aliphatic heterocycles. The van der Waals surface area contributed by atoms with E-state index in [1.54, 1.807) is 0 Å². The Morgan fingerprint density at radius 3 is 1.30 bits per heavy atom. The van der Waals surface area contributed by atoms with Gasteiger partial charge >= 0.3 is 0 Å². The molecule has 0 spiro atoms. The third-order valence-electron chi connectivity index (χ3n) is 8.56. The van der Waals surface area contributed by atoms with Gasteiger partial charge in [0.15, 0.2) is 0 Å². The minimum atomic E-state index is 0.928. The molecule has 0 radical (unpaired) electrons. The zero-order valence-corrected chi connectivity index (χ0v) is 23.4. The van der Waals surface area contributed by atoms with Crippen molar-refractivity contribution in [3.63, 3.8) is 0 Å². The lowest BCUT2D eigenvalue weighted by molar-refractivity contribution is 1.10. The van der Waals surface area contributed by atoms with Gasteiger partial charge in [0.1, 0.15) is 11.6 Å². The second-order valence-corrected chi connectivity index (χ2v) is 11.1. The standard InChI is InChI=1S/C39H26N4/c1-3-11-26(12-4-1)38-40-34-15-7-9-17-36(34)42(38)30-21-19-28-23-29-20-22-31(25-33(29)32(28)24-30)43-37-18-10-8-16-35(37)41-39(43)27-13-5-2-6-14-27/h1-22,24-25H,23H2. The average molecular weight is 551 g/mol. The molecule has 4 heteroatoms. The van der Waals surface area contributed by atoms with Crippen molar-refractivity contribution in [3.05, 3.63) is 157 Å². The largest absolute Gasteiger partial charge is 0.292 e. The first-order chi connectivity index (χ1) is 21.3. The second kappa shape index (κ2) is 9.40. The van der Waals surface area contributed by atoms with E-state index in [4.69, 9.17) is 9.97 Å². The van der Waals surface area contributed by atoms with E-state index in [1.165, 1.54) is 22.3 Å². The molecule has 0 saturated heterocycles. The molecule has 4 nitrogen and oxygen atoms in total. The molecule has 9 rings (SSSR count). The van der Waals surface area contributed by atoms with Crippen LogP contribution < -0.4 is 0 Å². The maximum absolute atomic E-state index is 5.07. The summed E-state index contributed by atoms with van der Waals surface area (Å²) >= 11 is 0. The molecule has 8 aromatic rings. The van der Waals surface area contributed by atoms with Crippen molar-refractivity contribution < 1.29 is 0 Å². The topological polar surface area (TPSA) is 35.6 Å². The van der Waals surface area contributed by atoms with Gasteiger partial charge in [0.05, 0.1) is 22.1 Å². The van der Waals surface area contributed by atoms with Crippen LogP contribution in [0, 0.1) is 0 Å². The van der Waals surface area contributed by atoms with Crippen LogP contribution >= 0.6 is 0 Å². The number of aromatic nitrogens is 4. The molecule has 6 aromatic carbocycles. The van der Waals surface area contributed by atoms with Gasteiger partial charge in [-0.2, -0.15) is 0 Å². The van der Waals surface area contributed by atoms with Crippen LogP contribution in [0.25, 0.3) is 67.3 Å². The van der Waals surface area contributed by atoms with E-state index in [0.717, 1.165) is 62.6 Å². The molecule has 1 aliphatic carbocycles. The van der Waals surface area contributed by atoms with Gasteiger partial charge in [-0.3, -0.25) is 9.13 Å². The Balaban J connectivity index is 1.23. The number of benzene rings is 6. The number of hydrogen-bond acceptors (Lipinski definition) is 2. The number of rotatable bonds is 4. The van der Waals surface area contributed by atoms with Gasteiger partial charge in [-0.15, -0.1) is 0 Å². The molecule has 0 N–H and O–H groups in total. The highest BCUT2D eigenvalue weighted by Crippen LogP contribution is 2.41. The summed E-state index contributed by atoms with van der Waals surface area (Å²) in [5, 5.41) is 0. The van der Waals surface area contributed by atoms with Crippen LogP contribution in [0.2, 0.25) is 0 Å². The van der Waals surface area contributed by atoms with E-state index < -0.39 is 0 Å². The lowest BCUT2D eigenvalue weighted by Crippen LogP contribution is -1.99. The number of para-hydroxylation sites is 4. The summed E-state index contributed by atoms with van der Waals surface area (Å²) in [5.74, 6) is 1.90. The average Bonchev–Trinajstić information content (AvgIpc) is 3.76. The number of fused-ring (bicyclic) bond motifs is 5. The molecule has 2 aromatic heterocycles. The molecule has 43 heavy (non-hydrogen) atoms. The molecule has 2 heterocycles. The van der Waals surface area contributed by atoms with Gasteiger partial charge in [-0.1, -0.05) is 97.1 Å². The fraction of sp³-hybridized carbons (Fsp3) is 0.0256. The smallest absolute Gasteiger partial charge is 0.145 e. The Morgan fingerprint density at radius 1 is 0.419 bits per heavy atom. The van der Waals surface area contributed by atoms with E-state index in [0.29, 0.717) is 0 Å². The van der Waals surface area contributed by atoms with E-state index in [2.05, 4.69) is 143 Å². The number of imidazole rings is 2. The predicted molar refractivity (Wildman–Crippen MR) is 175 cm³/mol. The molecule has 0 amide bonds. The SMILES string of the molecule is c1ccc(-c2nc3ccccc3n2-c2ccc3c(c2)-c2cc(-n4c(-c5ccccc5)nc5ccccc54)ccc2C3)cc1. The van der Waals surface area contributed by atoms with Crippen molar-refractivity contribution in [2.24, 2.45) is 0 Å². The molecule has 0 unspecified atom stereocenters. The lowest BCUT2D eigenvalue weighted by atomic mass is 10.0. The summed E-state index contributed by atoms with van der Waals surface area (Å²) in [6.07, 6.45) is 0.928. The van der Waals surface area contributed by atoms with Crippen LogP contribution in [0.3, 0.4) is 0 Å². The van der Waals surface area contributed by atoms with E-state index in [1.807, 2.05) is 12.1 Å². The summed E-state index contributed by atoms with van der Waals surface area (Å²) in [4.78, 5) is 10.1. The van der Waals surface area contributed by atoms with Crippen LogP contribution in [0.4, 0.5) is 0 Å². The molecular formula is C39H26N4. The van der Waals surface area contributed by atoms with Gasteiger partial charge in [-0.05, 0) is 77.2 Å². The number of nitrogens with zero attached hydrogens (tertiary/aromatic N) is 4. The van der Waals surface area contributed by atoms with Crippen LogP contribution in [0.5, 0.6) is 0 Å². The quantitative estimate of drug-likeness (QED) is 0.219. The first-order valence-electron chi connectivity index (χ1n) is 14.6. The van der Waals surface area contributed by atoms with Crippen molar-refractivity contribution in [2.75, 3.05) is 0 Å². The minimum Gasteiger partial charge on any atom is -0.292 e. The third-order valence-corrected chi connectivity index (χ3v) is 8.56. The maximum atomic E-state index is 5.07. The third kappa shape index (κ3) is 3.77. The molecule has 202 valence electrons. The van der Waals surface area contributed by atoms with Crippen LogP contribution in [-0.4, -0.2) is 19.1 Å². The first-order valence-corrected chi connectivity index (χ1v) is 14.6. The van der Waals surface area contributed by atoms with Gasteiger partial charge in [0, 0.05) is 22.5 Å². The van der Waals surface area contributed by atoms with Crippen LogP contribution in [-0.2, 0) is 6.42 Å². The second-order valence-electron chi connectivity index (χ2n) is 11.1. The molecule has 0 saturated carbocycles. The summed E-state index contributed by atoms with van der Waals surface area (Å²) < 4.78 is 4.59. The Kier molecular flexibility index (Phi) is 5.23. The Labute approximate surface area is 249 Å². The molecule has 0 bridgehead atoms. The van der Waals surface area contributed by atoms with Crippen molar-refractivity contribution in [1.29, 1.82) is 0 Å². The molecular weight excluding hydrogens is 524 g/mol. The van der Waals surface area contributed by atoms with Crippen molar-refractivity contribution in [1.82, 2.24) is 19.1 Å². The molecule has 1 aliphatic rings. The zero-order chi connectivity index (χ0) is 28.3. The van der Waals surface area contributed by atoms with Crippen molar-refractivity contribution in [3.8, 4) is 45.3 Å². The van der Waals surface area contributed by atoms with Gasteiger partial charge in [0.2, 0.25) is 0 Å². The van der Waals surface area contributed by atoms with E-state index in [9.17, 15) is 0 Å². The molecule has 0 fully saturated rings. The van der Waals surface area contributed by atoms with Crippen LogP contribution in [0.15, 0.2) is 146 Å². The highest BCUT2D eigenvalue weighted by molar-refractivity contribution is 5.87. The van der Waals surface area contributed by atoms with Crippen molar-refractivity contribution in [2.45, 2.75) is 6.42 Å². The highest BCUT2D eigenvalue weighted by atomic mass is 15.1. The van der Waals surface area contributed by atoms with Gasteiger partial charge < -0.3 is 0 Å². The summed E-state index contributed by atoms with van der Waals surface area (Å²) in [6, 6.07) is 51.4. The maximum Gasteiger partial charge on any atom is 0.145 e. The Hall–Kier alpha value is -5.74. The highest BCUT2D eigenvalue weighted by Gasteiger charge is 2.23. The normalized spacial score (nSPS) is 12.1. The Bertz CT molecular complexity index is 2140. The summed E-state index contributed by atoms with van der Waals surface area (Å²) in [5.41, 5.74) is 13.9. The Morgan fingerprint density at radius 2 is 0.837 bits per heavy atom.